The van der Waals surface area contributed by atoms with Gasteiger partial charge in [-0.1, -0.05) is 0 Å². The first-order chi connectivity index (χ1) is 12.8. The van der Waals surface area contributed by atoms with Gasteiger partial charge in [0.25, 0.3) is 0 Å². The topological polar surface area (TPSA) is 104 Å². The quantitative estimate of drug-likeness (QED) is 0.612. The van der Waals surface area contributed by atoms with Crippen LogP contribution in [-0.4, -0.2) is 39.1 Å². The molecule has 0 saturated carbocycles. The molecule has 1 fully saturated rings. The van der Waals surface area contributed by atoms with Crippen LogP contribution in [0.1, 0.15) is 46.4 Å². The SMILES string of the molecule is CC(C1COC(C)(C)O1)n1c(C(C)(C)C(=O)O)cc2cc([N+](=O)[O-])c(F)cc21. The van der Waals surface area contributed by atoms with Crippen LogP contribution >= 0.6 is 0 Å². The minimum absolute atomic E-state index is 0.288. The average molecular weight is 394 g/mol. The highest BCUT2D eigenvalue weighted by Crippen LogP contribution is 2.38. The fraction of sp³-hybridized carbons (Fsp3) is 0.526. The molecular weight excluding hydrogens is 371 g/mol. The first kappa shape index (κ1) is 20.2. The van der Waals surface area contributed by atoms with Crippen LogP contribution in [0.15, 0.2) is 18.2 Å². The number of ether oxygens (including phenoxy) is 2. The maximum absolute atomic E-state index is 14.4. The average Bonchev–Trinajstić information content (AvgIpc) is 3.13. The number of carbonyl (C=O) groups is 1. The maximum atomic E-state index is 14.4. The molecule has 28 heavy (non-hydrogen) atoms. The number of hydrogen-bond donors (Lipinski definition) is 1. The van der Waals surface area contributed by atoms with Crippen molar-refractivity contribution in [2.75, 3.05) is 6.61 Å². The number of hydrogen-bond acceptors (Lipinski definition) is 5. The Labute approximate surface area is 161 Å². The Bertz CT molecular complexity index is 965. The standard InChI is InChI=1S/C19H23FN2O6/c1-10(15-9-27-19(4,5)28-15)21-13-8-12(20)14(22(25)26)6-11(13)7-16(21)18(2,3)17(23)24/h6-8,10,15H,9H2,1-5H3,(H,23,24). The zero-order valence-electron chi connectivity index (χ0n) is 16.4. The van der Waals surface area contributed by atoms with Gasteiger partial charge in [-0.15, -0.1) is 0 Å². The van der Waals surface area contributed by atoms with Crippen molar-refractivity contribution in [1.29, 1.82) is 0 Å². The summed E-state index contributed by atoms with van der Waals surface area (Å²) in [5, 5.41) is 21.2. The summed E-state index contributed by atoms with van der Waals surface area (Å²) >= 11 is 0. The fourth-order valence-electron chi connectivity index (χ4n) is 3.53. The lowest BCUT2D eigenvalue weighted by Gasteiger charge is -2.29. The Morgan fingerprint density at radius 1 is 1.43 bits per heavy atom. The molecule has 0 radical (unpaired) electrons. The van der Waals surface area contributed by atoms with Gasteiger partial charge < -0.3 is 19.1 Å². The molecule has 1 aliphatic heterocycles. The number of carboxylic acids is 1. The molecule has 0 aliphatic carbocycles. The summed E-state index contributed by atoms with van der Waals surface area (Å²) in [5.41, 5.74) is -1.20. The molecule has 1 aromatic carbocycles. The van der Waals surface area contributed by atoms with Crippen LogP contribution in [0, 0.1) is 15.9 Å². The number of aromatic nitrogens is 1. The van der Waals surface area contributed by atoms with Gasteiger partial charge in [0, 0.05) is 23.2 Å². The molecule has 2 unspecified atom stereocenters. The lowest BCUT2D eigenvalue weighted by molar-refractivity contribution is -0.387. The van der Waals surface area contributed by atoms with E-state index in [1.165, 1.54) is 13.8 Å². The van der Waals surface area contributed by atoms with E-state index in [2.05, 4.69) is 0 Å². The summed E-state index contributed by atoms with van der Waals surface area (Å²) in [7, 11) is 0. The number of rotatable bonds is 5. The monoisotopic (exact) mass is 394 g/mol. The molecule has 2 heterocycles. The maximum Gasteiger partial charge on any atom is 0.315 e. The first-order valence-electron chi connectivity index (χ1n) is 8.89. The van der Waals surface area contributed by atoms with Crippen LogP contribution in [0.3, 0.4) is 0 Å². The van der Waals surface area contributed by atoms with Crippen molar-refractivity contribution in [1.82, 2.24) is 4.57 Å². The van der Waals surface area contributed by atoms with E-state index in [9.17, 15) is 24.4 Å². The highest BCUT2D eigenvalue weighted by molar-refractivity contribution is 5.88. The molecule has 1 aromatic heterocycles. The molecule has 8 nitrogen and oxygen atoms in total. The third-order valence-electron chi connectivity index (χ3n) is 5.25. The third-order valence-corrected chi connectivity index (χ3v) is 5.25. The molecule has 9 heteroatoms. The summed E-state index contributed by atoms with van der Waals surface area (Å²) in [5.74, 6) is -2.83. The van der Waals surface area contributed by atoms with Gasteiger partial charge in [0.1, 0.15) is 11.5 Å². The van der Waals surface area contributed by atoms with Gasteiger partial charge in [0.05, 0.1) is 23.1 Å². The predicted molar refractivity (Wildman–Crippen MR) is 98.8 cm³/mol. The number of benzene rings is 1. The second-order valence-corrected chi connectivity index (χ2v) is 8.06. The number of nitro benzene ring substituents is 1. The summed E-state index contributed by atoms with van der Waals surface area (Å²) in [6.45, 7) is 8.74. The van der Waals surface area contributed by atoms with E-state index in [4.69, 9.17) is 9.47 Å². The molecule has 1 aliphatic rings. The van der Waals surface area contributed by atoms with E-state index >= 15 is 0 Å². The minimum Gasteiger partial charge on any atom is -0.481 e. The number of nitro groups is 1. The molecule has 0 bridgehead atoms. The molecule has 2 aromatic rings. The van der Waals surface area contributed by atoms with Crippen LogP contribution in [0.4, 0.5) is 10.1 Å². The van der Waals surface area contributed by atoms with Crippen LogP contribution in [0.25, 0.3) is 10.9 Å². The van der Waals surface area contributed by atoms with Gasteiger partial charge >= 0.3 is 11.7 Å². The van der Waals surface area contributed by atoms with Gasteiger partial charge in [0.2, 0.25) is 5.82 Å². The molecule has 0 spiro atoms. The van der Waals surface area contributed by atoms with Crippen LogP contribution in [-0.2, 0) is 19.7 Å². The Kier molecular flexibility index (Phi) is 4.71. The largest absolute Gasteiger partial charge is 0.481 e. The zero-order chi connectivity index (χ0) is 21.0. The summed E-state index contributed by atoms with van der Waals surface area (Å²) in [6, 6.07) is 3.37. The summed E-state index contributed by atoms with van der Waals surface area (Å²) in [6.07, 6.45) is -0.396. The molecule has 1 N–H and O–H groups in total. The third kappa shape index (κ3) is 3.24. The van der Waals surface area contributed by atoms with Crippen molar-refractivity contribution in [3.63, 3.8) is 0 Å². The lowest BCUT2D eigenvalue weighted by atomic mass is 9.89. The van der Waals surface area contributed by atoms with E-state index in [-0.39, 0.29) is 6.61 Å². The Hall–Kier alpha value is -2.52. The highest BCUT2D eigenvalue weighted by atomic mass is 19.1. The number of halogens is 1. The van der Waals surface area contributed by atoms with E-state index in [0.29, 0.717) is 16.6 Å². The van der Waals surface area contributed by atoms with E-state index in [1.807, 2.05) is 6.92 Å². The number of fused-ring (bicyclic) bond motifs is 1. The minimum atomic E-state index is -1.31. The summed E-state index contributed by atoms with van der Waals surface area (Å²) < 4.78 is 27.6. The van der Waals surface area contributed by atoms with Gasteiger partial charge in [-0.2, -0.15) is 4.39 Å². The van der Waals surface area contributed by atoms with Crippen LogP contribution < -0.4 is 0 Å². The van der Waals surface area contributed by atoms with Crippen LogP contribution in [0.5, 0.6) is 0 Å². The summed E-state index contributed by atoms with van der Waals surface area (Å²) in [4.78, 5) is 22.2. The highest BCUT2D eigenvalue weighted by Gasteiger charge is 2.40. The smallest absolute Gasteiger partial charge is 0.315 e. The van der Waals surface area contributed by atoms with E-state index < -0.39 is 45.7 Å². The molecule has 152 valence electrons. The Balaban J connectivity index is 2.24. The van der Waals surface area contributed by atoms with Crippen molar-refractivity contribution in [2.45, 2.75) is 58.0 Å². The van der Waals surface area contributed by atoms with Crippen LogP contribution in [0.2, 0.25) is 0 Å². The Morgan fingerprint density at radius 3 is 2.57 bits per heavy atom. The van der Waals surface area contributed by atoms with Crippen molar-refractivity contribution in [3.8, 4) is 0 Å². The molecular formula is C19H23FN2O6. The fourth-order valence-corrected chi connectivity index (χ4v) is 3.53. The van der Waals surface area contributed by atoms with Gasteiger partial charge in [-0.05, 0) is 40.7 Å². The number of carboxylic acid groups (broad SMARTS) is 1. The van der Waals surface area contributed by atoms with Crippen molar-refractivity contribution < 1.29 is 28.7 Å². The second-order valence-electron chi connectivity index (χ2n) is 8.06. The van der Waals surface area contributed by atoms with Gasteiger partial charge in [-0.3, -0.25) is 14.9 Å². The molecule has 2 atom stereocenters. The Morgan fingerprint density at radius 2 is 2.07 bits per heavy atom. The van der Waals surface area contributed by atoms with Crippen molar-refractivity contribution in [3.05, 3.63) is 39.8 Å². The van der Waals surface area contributed by atoms with Crippen molar-refractivity contribution in [2.24, 2.45) is 0 Å². The van der Waals surface area contributed by atoms with E-state index in [1.54, 1.807) is 24.5 Å². The first-order valence-corrected chi connectivity index (χ1v) is 8.89. The number of aliphatic carboxylic acids is 1. The lowest BCUT2D eigenvalue weighted by Crippen LogP contribution is -2.35. The molecule has 3 rings (SSSR count). The zero-order valence-corrected chi connectivity index (χ0v) is 16.4. The van der Waals surface area contributed by atoms with Gasteiger partial charge in [0.15, 0.2) is 5.79 Å². The molecule has 0 amide bonds. The number of nitrogens with zero attached hydrogens (tertiary/aromatic N) is 2. The normalized spacial score (nSPS) is 20.4. The second kappa shape index (κ2) is 6.52. The van der Waals surface area contributed by atoms with Crippen molar-refractivity contribution >= 4 is 22.6 Å². The van der Waals surface area contributed by atoms with E-state index in [0.717, 1.165) is 12.1 Å². The van der Waals surface area contributed by atoms with Gasteiger partial charge in [-0.25, -0.2) is 0 Å². The predicted octanol–water partition coefficient (Wildman–Crippen LogP) is 3.76. The molecule has 1 saturated heterocycles.